The van der Waals surface area contributed by atoms with Gasteiger partial charge in [-0.3, -0.25) is 4.79 Å². The first kappa shape index (κ1) is 13.2. The number of aryl methyl sites for hydroxylation is 1. The molecule has 100 valence electrons. The number of pyridine rings is 1. The average Bonchev–Trinajstić information content (AvgIpc) is 2.41. The Balaban J connectivity index is 2.10. The summed E-state index contributed by atoms with van der Waals surface area (Å²) in [6.45, 7) is 3.44. The summed E-state index contributed by atoms with van der Waals surface area (Å²) in [5.74, 6) is 0. The van der Waals surface area contributed by atoms with Gasteiger partial charge in [0.2, 0.25) is 0 Å². The molecular weight excluding hydrogens is 238 g/mol. The summed E-state index contributed by atoms with van der Waals surface area (Å²) in [5.41, 5.74) is 8.68. The molecule has 0 fully saturated rings. The van der Waals surface area contributed by atoms with Gasteiger partial charge in [0.25, 0.3) is 5.56 Å². The van der Waals surface area contributed by atoms with Crippen LogP contribution in [0.2, 0.25) is 0 Å². The van der Waals surface area contributed by atoms with E-state index in [1.165, 1.54) is 0 Å². The maximum atomic E-state index is 11.6. The molecule has 0 radical (unpaired) electrons. The molecule has 0 aliphatic carbocycles. The Morgan fingerprint density at radius 1 is 1.21 bits per heavy atom. The Labute approximate surface area is 112 Å². The summed E-state index contributed by atoms with van der Waals surface area (Å²) in [4.78, 5) is 11.6. The molecule has 0 saturated heterocycles. The molecule has 0 bridgehead atoms. The molecule has 0 amide bonds. The number of para-hydroxylation sites is 1. The molecule has 2 rings (SSSR count). The Kier molecular flexibility index (Phi) is 4.23. The highest BCUT2D eigenvalue weighted by Crippen LogP contribution is 2.13. The highest BCUT2D eigenvalue weighted by molar-refractivity contribution is 5.49. The largest absolute Gasteiger partial charge is 0.398 e. The minimum atomic E-state index is 0.0339. The molecule has 1 heterocycles. The van der Waals surface area contributed by atoms with Gasteiger partial charge in [-0.25, -0.2) is 0 Å². The summed E-state index contributed by atoms with van der Waals surface area (Å²) in [7, 11) is 0. The number of rotatable bonds is 5. The van der Waals surface area contributed by atoms with Gasteiger partial charge in [0.05, 0.1) is 5.69 Å². The summed E-state index contributed by atoms with van der Waals surface area (Å²) < 4.78 is 1.72. The number of nitrogens with one attached hydrogen (secondary N) is 1. The predicted molar refractivity (Wildman–Crippen MR) is 79.2 cm³/mol. The molecule has 2 aromatic rings. The quantitative estimate of drug-likeness (QED) is 0.809. The lowest BCUT2D eigenvalue weighted by atomic mass is 10.2. The van der Waals surface area contributed by atoms with Crippen molar-refractivity contribution in [3.63, 3.8) is 0 Å². The van der Waals surface area contributed by atoms with Crippen LogP contribution in [0.25, 0.3) is 0 Å². The number of hydrogen-bond donors (Lipinski definition) is 2. The molecule has 0 aliphatic rings. The van der Waals surface area contributed by atoms with Crippen LogP contribution in [0.3, 0.4) is 0 Å². The summed E-state index contributed by atoms with van der Waals surface area (Å²) in [5, 5.41) is 3.29. The van der Waals surface area contributed by atoms with Crippen LogP contribution < -0.4 is 16.6 Å². The van der Waals surface area contributed by atoms with Gasteiger partial charge in [0, 0.05) is 31.0 Å². The second kappa shape index (κ2) is 6.09. The second-order valence-electron chi connectivity index (χ2n) is 4.50. The maximum absolute atomic E-state index is 11.6. The number of nitrogens with zero attached hydrogens (tertiary/aromatic N) is 1. The van der Waals surface area contributed by atoms with Crippen LogP contribution in [0, 0.1) is 0 Å². The molecule has 0 spiro atoms. The molecule has 1 aromatic carbocycles. The van der Waals surface area contributed by atoms with Gasteiger partial charge in [-0.05, 0) is 24.1 Å². The van der Waals surface area contributed by atoms with Crippen LogP contribution in [0.1, 0.15) is 18.9 Å². The van der Waals surface area contributed by atoms with E-state index < -0.39 is 0 Å². The summed E-state index contributed by atoms with van der Waals surface area (Å²) in [6, 6.07) is 11.1. The van der Waals surface area contributed by atoms with E-state index in [0.717, 1.165) is 29.9 Å². The van der Waals surface area contributed by atoms with Gasteiger partial charge in [0.1, 0.15) is 0 Å². The summed E-state index contributed by atoms with van der Waals surface area (Å²) in [6.07, 6.45) is 2.79. The van der Waals surface area contributed by atoms with Crippen molar-refractivity contribution in [1.82, 2.24) is 4.57 Å². The highest BCUT2D eigenvalue weighted by Gasteiger charge is 2.00. The van der Waals surface area contributed by atoms with E-state index in [4.69, 9.17) is 5.73 Å². The van der Waals surface area contributed by atoms with Gasteiger partial charge in [0.15, 0.2) is 0 Å². The van der Waals surface area contributed by atoms with E-state index in [2.05, 4.69) is 12.2 Å². The lowest BCUT2D eigenvalue weighted by Crippen LogP contribution is -2.18. The van der Waals surface area contributed by atoms with Crippen LogP contribution in [0.5, 0.6) is 0 Å². The van der Waals surface area contributed by atoms with Crippen molar-refractivity contribution in [2.75, 3.05) is 11.1 Å². The fourth-order valence-electron chi connectivity index (χ4n) is 1.94. The lowest BCUT2D eigenvalue weighted by molar-refractivity contribution is 0.655. The third-order valence-electron chi connectivity index (χ3n) is 2.99. The van der Waals surface area contributed by atoms with Crippen LogP contribution in [0.4, 0.5) is 11.4 Å². The fraction of sp³-hybridized carbons (Fsp3) is 0.267. The van der Waals surface area contributed by atoms with Gasteiger partial charge in [-0.15, -0.1) is 0 Å². The third kappa shape index (κ3) is 3.37. The molecule has 3 N–H and O–H groups in total. The van der Waals surface area contributed by atoms with Gasteiger partial charge in [-0.2, -0.15) is 0 Å². The normalized spacial score (nSPS) is 10.4. The zero-order valence-electron chi connectivity index (χ0n) is 11.1. The second-order valence-corrected chi connectivity index (χ2v) is 4.50. The number of anilines is 2. The fourth-order valence-corrected chi connectivity index (χ4v) is 1.94. The monoisotopic (exact) mass is 257 g/mol. The smallest absolute Gasteiger partial charge is 0.250 e. The standard InChI is InChI=1S/C15H19N3O/c1-2-9-18-11-13(7-8-15(18)19)17-10-12-5-3-4-6-14(12)16/h3-8,11,17H,2,9-10,16H2,1H3. The van der Waals surface area contributed by atoms with Crippen LogP contribution in [-0.4, -0.2) is 4.57 Å². The minimum Gasteiger partial charge on any atom is -0.398 e. The average molecular weight is 257 g/mol. The first-order valence-corrected chi connectivity index (χ1v) is 6.48. The zero-order chi connectivity index (χ0) is 13.7. The van der Waals surface area contributed by atoms with E-state index in [0.29, 0.717) is 6.54 Å². The Bertz CT molecular complexity index is 604. The SMILES string of the molecule is CCCn1cc(NCc2ccccc2N)ccc1=O. The van der Waals surface area contributed by atoms with Crippen molar-refractivity contribution >= 4 is 11.4 Å². The number of aromatic nitrogens is 1. The first-order valence-electron chi connectivity index (χ1n) is 6.48. The maximum Gasteiger partial charge on any atom is 0.250 e. The van der Waals surface area contributed by atoms with Gasteiger partial charge < -0.3 is 15.6 Å². The Morgan fingerprint density at radius 2 is 2.00 bits per heavy atom. The van der Waals surface area contributed by atoms with Crippen molar-refractivity contribution in [3.8, 4) is 0 Å². The number of benzene rings is 1. The van der Waals surface area contributed by atoms with Crippen LogP contribution in [0.15, 0.2) is 47.4 Å². The molecule has 1 aromatic heterocycles. The molecule has 4 nitrogen and oxygen atoms in total. The molecule has 4 heteroatoms. The van der Waals surface area contributed by atoms with Crippen molar-refractivity contribution in [3.05, 3.63) is 58.5 Å². The zero-order valence-corrected chi connectivity index (χ0v) is 11.1. The molecule has 0 aliphatic heterocycles. The van der Waals surface area contributed by atoms with E-state index in [-0.39, 0.29) is 5.56 Å². The first-order chi connectivity index (χ1) is 9.20. The van der Waals surface area contributed by atoms with E-state index in [1.807, 2.05) is 30.5 Å². The van der Waals surface area contributed by atoms with Crippen molar-refractivity contribution < 1.29 is 0 Å². The van der Waals surface area contributed by atoms with Gasteiger partial charge in [-0.1, -0.05) is 25.1 Å². The topological polar surface area (TPSA) is 60.1 Å². The predicted octanol–water partition coefficient (Wildman–Crippen LogP) is 2.45. The van der Waals surface area contributed by atoms with Crippen molar-refractivity contribution in [2.24, 2.45) is 0 Å². The number of nitrogen functional groups attached to an aromatic ring is 1. The van der Waals surface area contributed by atoms with Crippen molar-refractivity contribution in [2.45, 2.75) is 26.4 Å². The lowest BCUT2D eigenvalue weighted by Gasteiger charge is -2.11. The minimum absolute atomic E-state index is 0.0339. The molecule has 0 unspecified atom stereocenters. The third-order valence-corrected chi connectivity index (χ3v) is 2.99. The molecular formula is C15H19N3O. The molecule has 19 heavy (non-hydrogen) atoms. The van der Waals surface area contributed by atoms with Gasteiger partial charge >= 0.3 is 0 Å². The molecule has 0 saturated carbocycles. The van der Waals surface area contributed by atoms with Crippen LogP contribution >= 0.6 is 0 Å². The summed E-state index contributed by atoms with van der Waals surface area (Å²) >= 11 is 0. The van der Waals surface area contributed by atoms with Crippen molar-refractivity contribution in [1.29, 1.82) is 0 Å². The van der Waals surface area contributed by atoms with E-state index in [1.54, 1.807) is 16.7 Å². The van der Waals surface area contributed by atoms with E-state index in [9.17, 15) is 4.79 Å². The highest BCUT2D eigenvalue weighted by atomic mass is 16.1. The Morgan fingerprint density at radius 3 is 2.74 bits per heavy atom. The number of hydrogen-bond acceptors (Lipinski definition) is 3. The number of nitrogens with two attached hydrogens (primary N) is 1. The van der Waals surface area contributed by atoms with E-state index >= 15 is 0 Å². The van der Waals surface area contributed by atoms with Crippen LogP contribution in [-0.2, 0) is 13.1 Å². The molecule has 0 atom stereocenters. The Hall–Kier alpha value is -2.23.